The molecule has 0 aliphatic carbocycles. The van der Waals surface area contributed by atoms with Crippen molar-refractivity contribution in [2.75, 3.05) is 5.32 Å². The Morgan fingerprint density at radius 1 is 1.13 bits per heavy atom. The van der Waals surface area contributed by atoms with E-state index in [0.29, 0.717) is 31.7 Å². The maximum absolute atomic E-state index is 13.2. The smallest absolute Gasteiger partial charge is 0.274 e. The highest BCUT2D eigenvalue weighted by atomic mass is 79.9. The summed E-state index contributed by atoms with van der Waals surface area (Å²) in [6.07, 6.45) is 1.55. The summed E-state index contributed by atoms with van der Waals surface area (Å²) >= 11 is 15.7. The summed E-state index contributed by atoms with van der Waals surface area (Å²) in [7, 11) is 0. The molecular formula is C21H20BrCl2N5O2. The molecule has 2 aromatic heterocycles. The van der Waals surface area contributed by atoms with E-state index in [4.69, 9.17) is 23.2 Å². The molecule has 0 saturated carbocycles. The number of benzene rings is 1. The molecule has 31 heavy (non-hydrogen) atoms. The van der Waals surface area contributed by atoms with Crippen LogP contribution in [0.25, 0.3) is 5.82 Å². The molecule has 1 aromatic carbocycles. The van der Waals surface area contributed by atoms with Crippen LogP contribution in [-0.4, -0.2) is 32.1 Å². The largest absolute Gasteiger partial charge is 0.347 e. The molecule has 0 unspecified atom stereocenters. The van der Waals surface area contributed by atoms with Crippen LogP contribution in [0.4, 0.5) is 5.69 Å². The van der Waals surface area contributed by atoms with Gasteiger partial charge in [0.15, 0.2) is 5.82 Å². The average molecular weight is 525 g/mol. The zero-order valence-electron chi connectivity index (χ0n) is 17.3. The highest BCUT2D eigenvalue weighted by Crippen LogP contribution is 2.28. The minimum Gasteiger partial charge on any atom is -0.347 e. The van der Waals surface area contributed by atoms with Crippen molar-refractivity contribution in [3.63, 3.8) is 0 Å². The first-order valence-corrected chi connectivity index (χ1v) is 10.8. The highest BCUT2D eigenvalue weighted by molar-refractivity contribution is 9.10. The van der Waals surface area contributed by atoms with Gasteiger partial charge in [-0.05, 0) is 73.5 Å². The molecule has 2 N–H and O–H groups in total. The van der Waals surface area contributed by atoms with Crippen molar-refractivity contribution in [2.24, 2.45) is 0 Å². The maximum Gasteiger partial charge on any atom is 0.274 e. The Bertz CT molecular complexity index is 1170. The molecule has 0 atom stereocenters. The molecule has 0 aliphatic heterocycles. The second-order valence-corrected chi connectivity index (χ2v) is 9.53. The minimum atomic E-state index is -0.491. The van der Waals surface area contributed by atoms with Crippen LogP contribution in [0.1, 0.15) is 47.2 Å². The number of hydrogen-bond acceptors (Lipinski definition) is 4. The molecule has 7 nitrogen and oxygen atoms in total. The van der Waals surface area contributed by atoms with Crippen LogP contribution in [0.3, 0.4) is 0 Å². The van der Waals surface area contributed by atoms with E-state index in [1.165, 1.54) is 10.7 Å². The summed E-state index contributed by atoms with van der Waals surface area (Å²) in [5.41, 5.74) is 0.972. The van der Waals surface area contributed by atoms with E-state index in [9.17, 15) is 9.59 Å². The summed E-state index contributed by atoms with van der Waals surface area (Å²) in [5, 5.41) is 10.7. The van der Waals surface area contributed by atoms with Crippen LogP contribution in [0.2, 0.25) is 10.0 Å². The van der Waals surface area contributed by atoms with Crippen LogP contribution in [-0.2, 0) is 0 Å². The Hall–Kier alpha value is -2.42. The van der Waals surface area contributed by atoms with Crippen molar-refractivity contribution in [1.29, 1.82) is 0 Å². The van der Waals surface area contributed by atoms with E-state index >= 15 is 0 Å². The van der Waals surface area contributed by atoms with Gasteiger partial charge in [-0.1, -0.05) is 23.2 Å². The number of aryl methyl sites for hydroxylation is 1. The summed E-state index contributed by atoms with van der Waals surface area (Å²) < 4.78 is 1.76. The van der Waals surface area contributed by atoms with Crippen molar-refractivity contribution in [3.05, 3.63) is 68.0 Å². The third-order valence-electron chi connectivity index (χ3n) is 4.12. The predicted molar refractivity (Wildman–Crippen MR) is 125 cm³/mol. The van der Waals surface area contributed by atoms with Gasteiger partial charge in [-0.15, -0.1) is 0 Å². The highest BCUT2D eigenvalue weighted by Gasteiger charge is 2.24. The van der Waals surface area contributed by atoms with Crippen LogP contribution >= 0.6 is 39.1 Å². The number of hydrogen-bond donors (Lipinski definition) is 2. The lowest BCUT2D eigenvalue weighted by molar-refractivity contribution is 0.0920. The number of pyridine rings is 1. The number of nitrogens with one attached hydrogen (secondary N) is 2. The van der Waals surface area contributed by atoms with Crippen LogP contribution < -0.4 is 10.6 Å². The van der Waals surface area contributed by atoms with Gasteiger partial charge in [0.05, 0.1) is 16.3 Å². The zero-order valence-corrected chi connectivity index (χ0v) is 20.4. The van der Waals surface area contributed by atoms with Gasteiger partial charge in [0.25, 0.3) is 11.8 Å². The van der Waals surface area contributed by atoms with Gasteiger partial charge in [-0.25, -0.2) is 9.67 Å². The number of nitrogens with zero attached hydrogens (tertiary/aromatic N) is 3. The van der Waals surface area contributed by atoms with Crippen molar-refractivity contribution in [2.45, 2.75) is 33.2 Å². The lowest BCUT2D eigenvalue weighted by Gasteiger charge is -2.22. The molecule has 2 heterocycles. The molecule has 0 radical (unpaired) electrons. The van der Waals surface area contributed by atoms with E-state index < -0.39 is 11.4 Å². The standard InChI is InChI=1S/C21H20BrCl2N5O2/c1-11-8-12(23)9-13(19(30)27-21(2,3)4)17(11)26-20(31)15-10-16(22)28-29(15)18-14(24)6-5-7-25-18/h5-10H,1-4H3,(H,26,31)(H,27,30). The van der Waals surface area contributed by atoms with Gasteiger partial charge in [-0.3, -0.25) is 9.59 Å². The number of amides is 2. The fourth-order valence-corrected chi connectivity index (χ4v) is 3.73. The molecular weight excluding hydrogens is 505 g/mol. The fraction of sp³-hybridized carbons (Fsp3) is 0.238. The SMILES string of the molecule is Cc1cc(Cl)cc(C(=O)NC(C)(C)C)c1NC(=O)c1cc(Br)nn1-c1ncccc1Cl. The third-order valence-corrected chi connectivity index (χ3v) is 5.02. The summed E-state index contributed by atoms with van der Waals surface area (Å²) in [6, 6.07) is 8.07. The van der Waals surface area contributed by atoms with E-state index in [1.807, 2.05) is 20.8 Å². The quantitative estimate of drug-likeness (QED) is 0.476. The summed E-state index contributed by atoms with van der Waals surface area (Å²) in [5.74, 6) is -0.537. The van der Waals surface area contributed by atoms with Crippen molar-refractivity contribution in [1.82, 2.24) is 20.1 Å². The van der Waals surface area contributed by atoms with Gasteiger partial charge in [0.2, 0.25) is 0 Å². The van der Waals surface area contributed by atoms with E-state index in [-0.39, 0.29) is 17.2 Å². The number of carbonyl (C=O) groups excluding carboxylic acids is 2. The Labute approximate surface area is 198 Å². The van der Waals surface area contributed by atoms with Gasteiger partial charge >= 0.3 is 0 Å². The Kier molecular flexibility index (Phi) is 6.73. The van der Waals surface area contributed by atoms with Gasteiger partial charge in [0, 0.05) is 22.8 Å². The monoisotopic (exact) mass is 523 g/mol. The van der Waals surface area contributed by atoms with E-state index in [0.717, 1.165) is 0 Å². The van der Waals surface area contributed by atoms with Gasteiger partial charge in [-0.2, -0.15) is 5.10 Å². The number of rotatable bonds is 4. The van der Waals surface area contributed by atoms with E-state index in [1.54, 1.807) is 37.4 Å². The summed E-state index contributed by atoms with van der Waals surface area (Å²) in [6.45, 7) is 7.37. The molecule has 0 saturated heterocycles. The molecule has 2 amide bonds. The topological polar surface area (TPSA) is 88.9 Å². The molecule has 10 heteroatoms. The normalized spacial score (nSPS) is 11.3. The second-order valence-electron chi connectivity index (χ2n) is 7.88. The molecule has 0 aliphatic rings. The molecule has 0 spiro atoms. The first kappa shape index (κ1) is 23.2. The zero-order chi connectivity index (χ0) is 22.9. The minimum absolute atomic E-state index is 0.184. The average Bonchev–Trinajstić information content (AvgIpc) is 3.04. The Balaban J connectivity index is 2.02. The van der Waals surface area contributed by atoms with Crippen molar-refractivity contribution in [3.8, 4) is 5.82 Å². The second kappa shape index (κ2) is 8.98. The van der Waals surface area contributed by atoms with E-state index in [2.05, 4.69) is 36.6 Å². The number of aromatic nitrogens is 3. The number of carbonyl (C=O) groups is 2. The van der Waals surface area contributed by atoms with Gasteiger partial charge in [0.1, 0.15) is 10.3 Å². The number of anilines is 1. The van der Waals surface area contributed by atoms with Crippen molar-refractivity contribution >= 4 is 56.6 Å². The molecule has 162 valence electrons. The predicted octanol–water partition coefficient (Wildman–Crippen LogP) is 5.43. The Morgan fingerprint density at radius 2 is 1.84 bits per heavy atom. The first-order chi connectivity index (χ1) is 14.5. The molecule has 0 bridgehead atoms. The third kappa shape index (κ3) is 5.44. The molecule has 3 rings (SSSR count). The molecule has 0 fully saturated rings. The van der Waals surface area contributed by atoms with Crippen LogP contribution in [0.15, 0.2) is 41.1 Å². The van der Waals surface area contributed by atoms with Crippen molar-refractivity contribution < 1.29 is 9.59 Å². The maximum atomic E-state index is 13.2. The lowest BCUT2D eigenvalue weighted by atomic mass is 10.0. The molecule has 3 aromatic rings. The van der Waals surface area contributed by atoms with Crippen LogP contribution in [0, 0.1) is 6.92 Å². The van der Waals surface area contributed by atoms with Gasteiger partial charge < -0.3 is 10.6 Å². The lowest BCUT2D eigenvalue weighted by Crippen LogP contribution is -2.41. The summed E-state index contributed by atoms with van der Waals surface area (Å²) in [4.78, 5) is 30.3. The number of halogens is 3. The van der Waals surface area contributed by atoms with Crippen LogP contribution in [0.5, 0.6) is 0 Å². The Morgan fingerprint density at radius 3 is 2.48 bits per heavy atom. The fourth-order valence-electron chi connectivity index (χ4n) is 2.88. The first-order valence-electron chi connectivity index (χ1n) is 9.27.